The van der Waals surface area contributed by atoms with Crippen molar-refractivity contribution in [2.75, 3.05) is 0 Å². The van der Waals surface area contributed by atoms with Crippen LogP contribution >= 0.6 is 0 Å². The number of rotatable bonds is 5. The minimum absolute atomic E-state index is 0.591. The van der Waals surface area contributed by atoms with E-state index in [0.29, 0.717) is 5.92 Å². The molecular weight excluding hydrogens is 216 g/mol. The average Bonchev–Trinajstić information content (AvgIpc) is 2.42. The molecule has 1 aromatic carbocycles. The topological polar surface area (TPSA) is 0 Å². The van der Waals surface area contributed by atoms with Gasteiger partial charge in [-0.25, -0.2) is 0 Å². The summed E-state index contributed by atoms with van der Waals surface area (Å²) in [5, 5.41) is 0. The minimum atomic E-state index is 0.591. The Morgan fingerprint density at radius 2 is 1.72 bits per heavy atom. The quantitative estimate of drug-likeness (QED) is 0.626. The highest BCUT2D eigenvalue weighted by molar-refractivity contribution is 5.37. The molecule has 1 aliphatic rings. The van der Waals surface area contributed by atoms with Gasteiger partial charge in [0.1, 0.15) is 0 Å². The standard InChI is InChI=1S/C18H24/c1-3-8-15-12-13-18(14-17(15)9-4-2)16-10-6-5-7-11-16/h5-7,10-13,18H,3-4,8-9,14H2,1-2H3. The summed E-state index contributed by atoms with van der Waals surface area (Å²) in [4.78, 5) is 0. The number of hydrogen-bond donors (Lipinski definition) is 0. The van der Waals surface area contributed by atoms with E-state index < -0.39 is 0 Å². The molecule has 1 aliphatic carbocycles. The highest BCUT2D eigenvalue weighted by atomic mass is 14.2. The van der Waals surface area contributed by atoms with Crippen molar-refractivity contribution < 1.29 is 0 Å². The van der Waals surface area contributed by atoms with Crippen molar-refractivity contribution >= 4 is 0 Å². The molecule has 0 saturated carbocycles. The first-order valence-electron chi connectivity index (χ1n) is 7.29. The molecule has 0 heterocycles. The van der Waals surface area contributed by atoms with Gasteiger partial charge in [0.2, 0.25) is 0 Å². The van der Waals surface area contributed by atoms with Gasteiger partial charge < -0.3 is 0 Å². The van der Waals surface area contributed by atoms with Gasteiger partial charge in [0.25, 0.3) is 0 Å². The van der Waals surface area contributed by atoms with Crippen LogP contribution in [0.15, 0.2) is 53.6 Å². The molecule has 18 heavy (non-hydrogen) atoms. The van der Waals surface area contributed by atoms with Crippen LogP contribution in [0.1, 0.15) is 57.4 Å². The van der Waals surface area contributed by atoms with E-state index in [4.69, 9.17) is 0 Å². The van der Waals surface area contributed by atoms with E-state index in [1.54, 1.807) is 11.1 Å². The Morgan fingerprint density at radius 1 is 1.00 bits per heavy atom. The zero-order valence-electron chi connectivity index (χ0n) is 11.7. The summed E-state index contributed by atoms with van der Waals surface area (Å²) in [6.45, 7) is 4.56. The fourth-order valence-electron chi connectivity index (χ4n) is 2.84. The number of hydrogen-bond acceptors (Lipinski definition) is 0. The van der Waals surface area contributed by atoms with Crippen molar-refractivity contribution in [1.29, 1.82) is 0 Å². The van der Waals surface area contributed by atoms with Crippen LogP contribution in [0.2, 0.25) is 0 Å². The Hall–Kier alpha value is -1.30. The second-order valence-corrected chi connectivity index (χ2v) is 5.21. The van der Waals surface area contributed by atoms with Crippen molar-refractivity contribution in [3.8, 4) is 0 Å². The van der Waals surface area contributed by atoms with Gasteiger partial charge in [0.15, 0.2) is 0 Å². The van der Waals surface area contributed by atoms with Gasteiger partial charge >= 0.3 is 0 Å². The van der Waals surface area contributed by atoms with Gasteiger partial charge in [-0.3, -0.25) is 0 Å². The van der Waals surface area contributed by atoms with Crippen molar-refractivity contribution in [3.63, 3.8) is 0 Å². The largest absolute Gasteiger partial charge is 0.0764 e. The molecular formula is C18H24. The highest BCUT2D eigenvalue weighted by Gasteiger charge is 2.16. The molecule has 2 rings (SSSR count). The molecule has 0 spiro atoms. The van der Waals surface area contributed by atoms with Crippen LogP contribution in [0.4, 0.5) is 0 Å². The maximum absolute atomic E-state index is 2.40. The third-order valence-electron chi connectivity index (χ3n) is 3.75. The average molecular weight is 240 g/mol. The fraction of sp³-hybridized carbons (Fsp3) is 0.444. The lowest BCUT2D eigenvalue weighted by molar-refractivity contribution is 0.724. The molecule has 0 radical (unpaired) electrons. The van der Waals surface area contributed by atoms with Gasteiger partial charge in [-0.05, 0) is 30.4 Å². The molecule has 0 aromatic heterocycles. The Balaban J connectivity index is 2.16. The molecule has 0 saturated heterocycles. The second kappa shape index (κ2) is 6.58. The van der Waals surface area contributed by atoms with E-state index in [9.17, 15) is 0 Å². The third kappa shape index (κ3) is 3.13. The van der Waals surface area contributed by atoms with E-state index in [1.165, 1.54) is 37.7 Å². The maximum atomic E-state index is 2.40. The predicted molar refractivity (Wildman–Crippen MR) is 79.8 cm³/mol. The minimum Gasteiger partial charge on any atom is -0.0764 e. The number of allylic oxidation sites excluding steroid dienone is 4. The lowest BCUT2D eigenvalue weighted by Gasteiger charge is -2.23. The maximum Gasteiger partial charge on any atom is 0.00585 e. The first-order valence-corrected chi connectivity index (χ1v) is 7.29. The van der Waals surface area contributed by atoms with Crippen LogP contribution < -0.4 is 0 Å². The highest BCUT2D eigenvalue weighted by Crippen LogP contribution is 2.34. The Morgan fingerprint density at radius 3 is 2.39 bits per heavy atom. The van der Waals surface area contributed by atoms with Gasteiger partial charge in [0, 0.05) is 5.92 Å². The molecule has 0 nitrogen and oxygen atoms in total. The fourth-order valence-corrected chi connectivity index (χ4v) is 2.84. The van der Waals surface area contributed by atoms with Crippen LogP contribution in [0, 0.1) is 0 Å². The van der Waals surface area contributed by atoms with E-state index in [2.05, 4.69) is 56.3 Å². The van der Waals surface area contributed by atoms with Gasteiger partial charge in [0.05, 0.1) is 0 Å². The summed E-state index contributed by atoms with van der Waals surface area (Å²) >= 11 is 0. The van der Waals surface area contributed by atoms with E-state index in [0.717, 1.165) is 0 Å². The van der Waals surface area contributed by atoms with Crippen LogP contribution in [0.3, 0.4) is 0 Å². The SMILES string of the molecule is CCCC1=C(CCC)CC(c2ccccc2)C=C1. The number of benzene rings is 1. The molecule has 96 valence electrons. The predicted octanol–water partition coefficient (Wildman–Crippen LogP) is 5.63. The Kier molecular flexibility index (Phi) is 4.81. The molecule has 1 unspecified atom stereocenters. The zero-order valence-corrected chi connectivity index (χ0v) is 11.7. The van der Waals surface area contributed by atoms with Gasteiger partial charge in [-0.2, -0.15) is 0 Å². The lowest BCUT2D eigenvalue weighted by atomic mass is 9.82. The Labute approximate surface area is 111 Å². The first kappa shape index (κ1) is 13.1. The lowest BCUT2D eigenvalue weighted by Crippen LogP contribution is -2.04. The molecule has 1 aromatic rings. The summed E-state index contributed by atoms with van der Waals surface area (Å²) in [5.74, 6) is 0.591. The van der Waals surface area contributed by atoms with Crippen molar-refractivity contribution in [1.82, 2.24) is 0 Å². The normalized spacial score (nSPS) is 19.3. The Bertz CT molecular complexity index is 423. The van der Waals surface area contributed by atoms with E-state index >= 15 is 0 Å². The summed E-state index contributed by atoms with van der Waals surface area (Å²) < 4.78 is 0. The van der Waals surface area contributed by atoms with Crippen LogP contribution in [0.25, 0.3) is 0 Å². The molecule has 1 atom stereocenters. The second-order valence-electron chi connectivity index (χ2n) is 5.21. The first-order chi connectivity index (χ1) is 8.85. The van der Waals surface area contributed by atoms with Crippen LogP contribution in [-0.2, 0) is 0 Å². The smallest absolute Gasteiger partial charge is 0.00585 e. The van der Waals surface area contributed by atoms with Crippen molar-refractivity contribution in [3.05, 3.63) is 59.2 Å². The summed E-state index contributed by atoms with van der Waals surface area (Å²) in [5.41, 5.74) is 4.75. The van der Waals surface area contributed by atoms with Crippen molar-refractivity contribution in [2.24, 2.45) is 0 Å². The summed E-state index contributed by atoms with van der Waals surface area (Å²) in [6, 6.07) is 10.9. The van der Waals surface area contributed by atoms with E-state index in [-0.39, 0.29) is 0 Å². The third-order valence-corrected chi connectivity index (χ3v) is 3.75. The molecule has 0 bridgehead atoms. The molecule has 0 heteroatoms. The monoisotopic (exact) mass is 240 g/mol. The van der Waals surface area contributed by atoms with Crippen LogP contribution in [-0.4, -0.2) is 0 Å². The molecule has 0 N–H and O–H groups in total. The van der Waals surface area contributed by atoms with Crippen LogP contribution in [0.5, 0.6) is 0 Å². The van der Waals surface area contributed by atoms with E-state index in [1.807, 2.05) is 0 Å². The van der Waals surface area contributed by atoms with Gasteiger partial charge in [-0.1, -0.05) is 74.7 Å². The summed E-state index contributed by atoms with van der Waals surface area (Å²) in [6.07, 6.45) is 11.0. The molecule has 0 aliphatic heterocycles. The molecule has 0 amide bonds. The van der Waals surface area contributed by atoms with Crippen molar-refractivity contribution in [2.45, 2.75) is 51.9 Å². The summed E-state index contributed by atoms with van der Waals surface area (Å²) in [7, 11) is 0. The molecule has 0 fully saturated rings. The zero-order chi connectivity index (χ0) is 12.8. The van der Waals surface area contributed by atoms with Gasteiger partial charge in [-0.15, -0.1) is 0 Å².